The Morgan fingerprint density at radius 3 is 2.43 bits per heavy atom. The zero-order valence-electron chi connectivity index (χ0n) is 12.6. The Balaban J connectivity index is 3.56. The maximum absolute atomic E-state index is 11.3. The monoisotopic (exact) mass is 302 g/mol. The van der Waals surface area contributed by atoms with Gasteiger partial charge in [-0.3, -0.25) is 9.63 Å². The predicted molar refractivity (Wildman–Crippen MR) is 74.1 cm³/mol. The van der Waals surface area contributed by atoms with Crippen molar-refractivity contribution in [3.63, 3.8) is 0 Å². The first-order valence-electron chi connectivity index (χ1n) is 6.46. The van der Waals surface area contributed by atoms with Gasteiger partial charge in [0.2, 0.25) is 5.91 Å². The van der Waals surface area contributed by atoms with Crippen molar-refractivity contribution in [2.45, 2.75) is 20.8 Å². The highest BCUT2D eigenvalue weighted by molar-refractivity contribution is 5.86. The average molecular weight is 302 g/mol. The largest absolute Gasteiger partial charge is 0.460 e. The van der Waals surface area contributed by atoms with E-state index in [4.69, 9.17) is 9.47 Å². The van der Waals surface area contributed by atoms with Crippen LogP contribution < -0.4 is 10.8 Å². The summed E-state index contributed by atoms with van der Waals surface area (Å²) in [5.41, 5.74) is 2.26. The van der Waals surface area contributed by atoms with Crippen LogP contribution in [0.25, 0.3) is 0 Å². The number of carbonyl (C=O) groups is 3. The number of ether oxygens (including phenoxy) is 2. The first-order chi connectivity index (χ1) is 9.82. The second kappa shape index (κ2) is 10.7. The van der Waals surface area contributed by atoms with Crippen LogP contribution in [0, 0.1) is 5.92 Å². The SMILES string of the molecule is C=C(C)C(=O)OCCNC(=O)CONC(=O)OCC(C)C. The van der Waals surface area contributed by atoms with Crippen LogP contribution in [0.2, 0.25) is 0 Å². The number of nitrogens with one attached hydrogen (secondary N) is 2. The lowest BCUT2D eigenvalue weighted by atomic mass is 10.2. The first kappa shape index (κ1) is 18.9. The molecule has 0 atom stereocenters. The lowest BCUT2D eigenvalue weighted by Crippen LogP contribution is -2.35. The third-order valence-electron chi connectivity index (χ3n) is 1.91. The van der Waals surface area contributed by atoms with E-state index < -0.39 is 18.0 Å². The molecule has 0 aliphatic heterocycles. The van der Waals surface area contributed by atoms with Crippen LogP contribution in [0.5, 0.6) is 0 Å². The molecule has 0 aliphatic carbocycles. The van der Waals surface area contributed by atoms with Crippen molar-refractivity contribution in [3.8, 4) is 0 Å². The van der Waals surface area contributed by atoms with Gasteiger partial charge in [-0.2, -0.15) is 5.48 Å². The Labute approximate surface area is 123 Å². The lowest BCUT2D eigenvalue weighted by Gasteiger charge is -2.09. The molecule has 21 heavy (non-hydrogen) atoms. The fourth-order valence-corrected chi connectivity index (χ4v) is 0.941. The summed E-state index contributed by atoms with van der Waals surface area (Å²) < 4.78 is 9.53. The average Bonchev–Trinajstić information content (AvgIpc) is 2.40. The van der Waals surface area contributed by atoms with Crippen molar-refractivity contribution >= 4 is 18.0 Å². The van der Waals surface area contributed by atoms with Gasteiger partial charge in [0.1, 0.15) is 6.61 Å². The molecule has 2 amide bonds. The van der Waals surface area contributed by atoms with Gasteiger partial charge in [-0.1, -0.05) is 20.4 Å². The van der Waals surface area contributed by atoms with Gasteiger partial charge in [0.05, 0.1) is 13.2 Å². The van der Waals surface area contributed by atoms with Gasteiger partial charge in [0.15, 0.2) is 6.61 Å². The summed E-state index contributed by atoms with van der Waals surface area (Å²) >= 11 is 0. The summed E-state index contributed by atoms with van der Waals surface area (Å²) in [6, 6.07) is 0. The Hall–Kier alpha value is -2.09. The summed E-state index contributed by atoms with van der Waals surface area (Å²) in [7, 11) is 0. The standard InChI is InChI=1S/C13H22N2O6/c1-9(2)7-20-13(18)15-21-8-11(16)14-5-6-19-12(17)10(3)4/h9H,3,5-8H2,1-2,4H3,(H,14,16)(H,15,18). The quantitative estimate of drug-likeness (QED) is 0.279. The van der Waals surface area contributed by atoms with Crippen molar-refractivity contribution in [2.24, 2.45) is 5.92 Å². The zero-order chi connectivity index (χ0) is 16.3. The number of hydrogen-bond acceptors (Lipinski definition) is 6. The summed E-state index contributed by atoms with van der Waals surface area (Å²) in [6.45, 7) is 8.78. The molecular weight excluding hydrogens is 280 g/mol. The van der Waals surface area contributed by atoms with Gasteiger partial charge < -0.3 is 14.8 Å². The van der Waals surface area contributed by atoms with Crippen LogP contribution in [-0.4, -0.2) is 44.3 Å². The topological polar surface area (TPSA) is 103 Å². The molecule has 0 aromatic rings. The molecule has 8 heteroatoms. The molecule has 0 spiro atoms. The fraction of sp³-hybridized carbons (Fsp3) is 0.615. The van der Waals surface area contributed by atoms with Crippen LogP contribution >= 0.6 is 0 Å². The number of esters is 1. The molecule has 0 fully saturated rings. The molecule has 0 aromatic carbocycles. The molecular formula is C13H22N2O6. The maximum atomic E-state index is 11.3. The van der Waals surface area contributed by atoms with E-state index in [1.54, 1.807) is 0 Å². The molecule has 0 radical (unpaired) electrons. The van der Waals surface area contributed by atoms with E-state index in [0.717, 1.165) is 0 Å². The smallest absolute Gasteiger partial charge is 0.431 e. The van der Waals surface area contributed by atoms with Crippen LogP contribution in [0.1, 0.15) is 20.8 Å². The molecule has 0 bridgehead atoms. The van der Waals surface area contributed by atoms with Gasteiger partial charge in [-0.15, -0.1) is 0 Å². The summed E-state index contributed by atoms with van der Waals surface area (Å²) in [6.07, 6.45) is -0.758. The number of rotatable bonds is 9. The highest BCUT2D eigenvalue weighted by atomic mass is 16.7. The molecule has 0 heterocycles. The number of hydroxylamine groups is 1. The van der Waals surface area contributed by atoms with Gasteiger partial charge in [0.25, 0.3) is 0 Å². The minimum absolute atomic E-state index is 0.0291. The van der Waals surface area contributed by atoms with Crippen molar-refractivity contribution in [1.82, 2.24) is 10.8 Å². The van der Waals surface area contributed by atoms with Crippen molar-refractivity contribution in [2.75, 3.05) is 26.4 Å². The van der Waals surface area contributed by atoms with E-state index in [-0.39, 0.29) is 37.9 Å². The summed E-state index contributed by atoms with van der Waals surface area (Å²) in [5, 5.41) is 2.44. The van der Waals surface area contributed by atoms with E-state index >= 15 is 0 Å². The number of amides is 2. The summed E-state index contributed by atoms with van der Waals surface area (Å²) in [5.74, 6) is -0.776. The number of hydrogen-bond donors (Lipinski definition) is 2. The maximum Gasteiger partial charge on any atom is 0.431 e. The molecule has 0 saturated carbocycles. The van der Waals surface area contributed by atoms with E-state index in [9.17, 15) is 14.4 Å². The predicted octanol–water partition coefficient (Wildman–Crippen LogP) is 0.536. The first-order valence-corrected chi connectivity index (χ1v) is 6.46. The molecule has 8 nitrogen and oxygen atoms in total. The summed E-state index contributed by atoms with van der Waals surface area (Å²) in [4.78, 5) is 38.0. The van der Waals surface area contributed by atoms with Crippen LogP contribution in [0.4, 0.5) is 4.79 Å². The van der Waals surface area contributed by atoms with Gasteiger partial charge in [-0.05, 0) is 12.8 Å². The molecule has 0 rings (SSSR count). The minimum Gasteiger partial charge on any atom is -0.460 e. The number of carbonyl (C=O) groups excluding carboxylic acids is 3. The minimum atomic E-state index is -0.758. The normalized spacial score (nSPS) is 9.90. The Bertz CT molecular complexity index is 381. The highest BCUT2D eigenvalue weighted by Crippen LogP contribution is 1.92. The van der Waals surface area contributed by atoms with Crippen molar-refractivity contribution in [1.29, 1.82) is 0 Å². The van der Waals surface area contributed by atoms with Crippen LogP contribution in [0.3, 0.4) is 0 Å². The molecule has 120 valence electrons. The van der Waals surface area contributed by atoms with Crippen LogP contribution in [0.15, 0.2) is 12.2 Å². The lowest BCUT2D eigenvalue weighted by molar-refractivity contribution is -0.139. The van der Waals surface area contributed by atoms with Crippen molar-refractivity contribution < 1.29 is 28.7 Å². The molecule has 0 aromatic heterocycles. The van der Waals surface area contributed by atoms with E-state index in [2.05, 4.69) is 16.7 Å². The van der Waals surface area contributed by atoms with E-state index in [1.165, 1.54) is 6.92 Å². The Morgan fingerprint density at radius 1 is 1.19 bits per heavy atom. The Kier molecular flexibility index (Phi) is 9.61. The van der Waals surface area contributed by atoms with Gasteiger partial charge >= 0.3 is 12.1 Å². The van der Waals surface area contributed by atoms with Crippen molar-refractivity contribution in [3.05, 3.63) is 12.2 Å². The van der Waals surface area contributed by atoms with Crippen LogP contribution in [-0.2, 0) is 23.9 Å². The second-order valence-electron chi connectivity index (χ2n) is 4.65. The fourth-order valence-electron chi connectivity index (χ4n) is 0.941. The zero-order valence-corrected chi connectivity index (χ0v) is 12.6. The van der Waals surface area contributed by atoms with Gasteiger partial charge in [0, 0.05) is 5.57 Å². The Morgan fingerprint density at radius 2 is 1.86 bits per heavy atom. The van der Waals surface area contributed by atoms with Gasteiger partial charge in [-0.25, -0.2) is 9.59 Å². The molecule has 0 unspecified atom stereocenters. The second-order valence-corrected chi connectivity index (χ2v) is 4.65. The van der Waals surface area contributed by atoms with E-state index in [1.807, 2.05) is 19.3 Å². The molecule has 0 saturated heterocycles. The van der Waals surface area contributed by atoms with E-state index in [0.29, 0.717) is 0 Å². The highest BCUT2D eigenvalue weighted by Gasteiger charge is 2.07. The third kappa shape index (κ3) is 11.4. The third-order valence-corrected chi connectivity index (χ3v) is 1.91. The molecule has 2 N–H and O–H groups in total. The molecule has 0 aliphatic rings.